The summed E-state index contributed by atoms with van der Waals surface area (Å²) >= 11 is 6.14. The van der Waals surface area contributed by atoms with Crippen LogP contribution in [0, 0.1) is 0 Å². The number of halogens is 1. The maximum absolute atomic E-state index is 12.9. The van der Waals surface area contributed by atoms with Crippen molar-refractivity contribution in [3.63, 3.8) is 0 Å². The van der Waals surface area contributed by atoms with Gasteiger partial charge in [0.15, 0.2) is 0 Å². The van der Waals surface area contributed by atoms with Crippen molar-refractivity contribution < 1.29 is 4.79 Å². The lowest BCUT2D eigenvalue weighted by molar-refractivity contribution is -0.128. The van der Waals surface area contributed by atoms with Gasteiger partial charge in [0.1, 0.15) is 0 Å². The second-order valence-corrected chi connectivity index (χ2v) is 6.97. The summed E-state index contributed by atoms with van der Waals surface area (Å²) in [6, 6.07) is 16.2. The molecule has 4 rings (SSSR count). The fourth-order valence-electron chi connectivity index (χ4n) is 3.89. The lowest BCUT2D eigenvalue weighted by Crippen LogP contribution is -2.36. The summed E-state index contributed by atoms with van der Waals surface area (Å²) < 4.78 is 0. The first kappa shape index (κ1) is 15.5. The summed E-state index contributed by atoms with van der Waals surface area (Å²) in [5, 5.41) is 0.797. The van der Waals surface area contributed by atoms with E-state index in [4.69, 9.17) is 11.6 Å². The minimum Gasteiger partial charge on any atom is -0.316 e. The quantitative estimate of drug-likeness (QED) is 0.766. The highest BCUT2D eigenvalue weighted by Gasteiger charge is 2.29. The largest absolute Gasteiger partial charge is 0.316 e. The van der Waals surface area contributed by atoms with Crippen LogP contribution in [-0.2, 0) is 17.6 Å². The van der Waals surface area contributed by atoms with Crippen molar-refractivity contribution >= 4 is 23.1 Å². The summed E-state index contributed by atoms with van der Waals surface area (Å²) in [4.78, 5) is 14.9. The van der Waals surface area contributed by atoms with Crippen LogP contribution >= 0.6 is 11.6 Å². The Kier molecular flexibility index (Phi) is 4.15. The fourth-order valence-corrected chi connectivity index (χ4v) is 4.08. The Morgan fingerprint density at radius 1 is 1.04 bits per heavy atom. The third-order valence-corrected chi connectivity index (χ3v) is 5.24. The highest BCUT2D eigenvalue weighted by atomic mass is 35.5. The van der Waals surface area contributed by atoms with E-state index in [0.717, 1.165) is 42.8 Å². The number of aryl methyl sites for hydroxylation is 1. The van der Waals surface area contributed by atoms with Crippen molar-refractivity contribution in [1.82, 2.24) is 4.90 Å². The molecular formula is C21H20ClNO. The number of rotatable bonds is 2. The molecule has 3 heteroatoms. The number of nitrogens with zero attached hydrogens (tertiary/aromatic N) is 1. The van der Waals surface area contributed by atoms with Crippen LogP contribution in [0.25, 0.3) is 5.57 Å². The molecule has 0 bridgehead atoms. The first-order chi connectivity index (χ1) is 11.7. The monoisotopic (exact) mass is 337 g/mol. The van der Waals surface area contributed by atoms with E-state index in [9.17, 15) is 4.79 Å². The summed E-state index contributed by atoms with van der Waals surface area (Å²) in [6.45, 7) is 0.841. The van der Waals surface area contributed by atoms with Gasteiger partial charge >= 0.3 is 0 Å². The molecule has 1 heterocycles. The average molecular weight is 338 g/mol. The van der Waals surface area contributed by atoms with Gasteiger partial charge in [0.25, 0.3) is 0 Å². The van der Waals surface area contributed by atoms with Gasteiger partial charge in [-0.2, -0.15) is 0 Å². The smallest absolute Gasteiger partial charge is 0.231 e. The molecule has 122 valence electrons. The third-order valence-electron chi connectivity index (χ3n) is 5.01. The first-order valence-electron chi connectivity index (χ1n) is 8.57. The molecule has 0 unspecified atom stereocenters. The van der Waals surface area contributed by atoms with Gasteiger partial charge in [0.05, 0.1) is 6.42 Å². The van der Waals surface area contributed by atoms with Crippen LogP contribution in [0.1, 0.15) is 36.0 Å². The predicted molar refractivity (Wildman–Crippen MR) is 97.8 cm³/mol. The molecule has 2 aromatic carbocycles. The molecule has 1 aliphatic heterocycles. The Labute approximate surface area is 147 Å². The van der Waals surface area contributed by atoms with Crippen LogP contribution in [0.15, 0.2) is 54.2 Å². The standard InChI is InChI=1S/C21H20ClNO/c22-17-9-10-18-16(14-17)8-11-20-19(18)7-4-12-23(20)21(24)13-15-5-2-1-3-6-15/h1-3,5-6,9-10,14H,4,7-8,11-13H2. The van der Waals surface area contributed by atoms with E-state index in [1.165, 1.54) is 22.4 Å². The molecule has 1 aliphatic carbocycles. The minimum absolute atomic E-state index is 0.214. The zero-order chi connectivity index (χ0) is 16.5. The summed E-state index contributed by atoms with van der Waals surface area (Å²) in [6.07, 6.45) is 4.46. The topological polar surface area (TPSA) is 20.3 Å². The molecule has 0 aromatic heterocycles. The van der Waals surface area contributed by atoms with Crippen LogP contribution in [0.3, 0.4) is 0 Å². The van der Waals surface area contributed by atoms with Gasteiger partial charge in [-0.1, -0.05) is 48.0 Å². The van der Waals surface area contributed by atoms with E-state index in [-0.39, 0.29) is 5.91 Å². The molecule has 2 aromatic rings. The molecule has 0 N–H and O–H groups in total. The van der Waals surface area contributed by atoms with E-state index >= 15 is 0 Å². The predicted octanol–water partition coefficient (Wildman–Crippen LogP) is 4.86. The molecule has 24 heavy (non-hydrogen) atoms. The van der Waals surface area contributed by atoms with E-state index < -0.39 is 0 Å². The number of allylic oxidation sites excluding steroid dienone is 2. The minimum atomic E-state index is 0.214. The summed E-state index contributed by atoms with van der Waals surface area (Å²) in [5.41, 5.74) is 6.27. The molecule has 0 saturated carbocycles. The van der Waals surface area contributed by atoms with Crippen molar-refractivity contribution in [3.8, 4) is 0 Å². The lowest BCUT2D eigenvalue weighted by atomic mass is 9.84. The Bertz CT molecular complexity index is 810. The number of hydrogen-bond donors (Lipinski definition) is 0. The molecule has 1 amide bonds. The molecule has 0 saturated heterocycles. The average Bonchev–Trinajstić information content (AvgIpc) is 2.61. The first-order valence-corrected chi connectivity index (χ1v) is 8.95. The number of benzene rings is 2. The van der Waals surface area contributed by atoms with Crippen LogP contribution < -0.4 is 0 Å². The molecule has 0 fully saturated rings. The Hall–Kier alpha value is -2.06. The van der Waals surface area contributed by atoms with Crippen molar-refractivity contribution in [3.05, 3.63) is 75.9 Å². The SMILES string of the molecule is O=C(Cc1ccccc1)N1CCCC2=C1CCc1cc(Cl)ccc12. The fraction of sp³-hybridized carbons (Fsp3) is 0.286. The molecule has 0 atom stereocenters. The van der Waals surface area contributed by atoms with Crippen molar-refractivity contribution in [2.75, 3.05) is 6.54 Å². The van der Waals surface area contributed by atoms with Gasteiger partial charge in [-0.25, -0.2) is 0 Å². The van der Waals surface area contributed by atoms with Gasteiger partial charge in [-0.05, 0) is 60.1 Å². The Morgan fingerprint density at radius 2 is 1.88 bits per heavy atom. The van der Waals surface area contributed by atoms with Crippen LogP contribution in [-0.4, -0.2) is 17.4 Å². The number of fused-ring (bicyclic) bond motifs is 2. The van der Waals surface area contributed by atoms with Crippen molar-refractivity contribution in [2.45, 2.75) is 32.1 Å². The highest BCUT2D eigenvalue weighted by molar-refractivity contribution is 6.30. The number of carbonyl (C=O) groups is 1. The zero-order valence-electron chi connectivity index (χ0n) is 13.6. The van der Waals surface area contributed by atoms with E-state index in [1.807, 2.05) is 41.3 Å². The van der Waals surface area contributed by atoms with E-state index in [1.54, 1.807) is 0 Å². The number of amides is 1. The maximum Gasteiger partial charge on any atom is 0.231 e. The zero-order valence-corrected chi connectivity index (χ0v) is 14.4. The number of hydrogen-bond acceptors (Lipinski definition) is 1. The van der Waals surface area contributed by atoms with Crippen LogP contribution in [0.4, 0.5) is 0 Å². The van der Waals surface area contributed by atoms with Gasteiger partial charge in [0.2, 0.25) is 5.91 Å². The van der Waals surface area contributed by atoms with Crippen LogP contribution in [0.2, 0.25) is 5.02 Å². The molecule has 2 nitrogen and oxygen atoms in total. The highest BCUT2D eigenvalue weighted by Crippen LogP contribution is 2.39. The van der Waals surface area contributed by atoms with E-state index in [0.29, 0.717) is 6.42 Å². The number of carbonyl (C=O) groups excluding carboxylic acids is 1. The third kappa shape index (κ3) is 2.87. The lowest BCUT2D eigenvalue weighted by Gasteiger charge is -2.36. The molecule has 2 aliphatic rings. The molecule has 0 radical (unpaired) electrons. The Balaban J connectivity index is 1.65. The second-order valence-electron chi connectivity index (χ2n) is 6.54. The van der Waals surface area contributed by atoms with Gasteiger partial charge in [-0.15, -0.1) is 0 Å². The van der Waals surface area contributed by atoms with Crippen molar-refractivity contribution in [2.24, 2.45) is 0 Å². The van der Waals surface area contributed by atoms with Gasteiger partial charge in [-0.3, -0.25) is 4.79 Å². The van der Waals surface area contributed by atoms with E-state index in [2.05, 4.69) is 12.1 Å². The van der Waals surface area contributed by atoms with Crippen LogP contribution in [0.5, 0.6) is 0 Å². The van der Waals surface area contributed by atoms with Gasteiger partial charge < -0.3 is 4.90 Å². The molecular weight excluding hydrogens is 318 g/mol. The summed E-state index contributed by atoms with van der Waals surface area (Å²) in [5.74, 6) is 0.214. The maximum atomic E-state index is 12.9. The van der Waals surface area contributed by atoms with Crippen molar-refractivity contribution in [1.29, 1.82) is 0 Å². The molecule has 0 spiro atoms. The van der Waals surface area contributed by atoms with Gasteiger partial charge in [0, 0.05) is 17.3 Å². The second kappa shape index (κ2) is 6.45. The summed E-state index contributed by atoms with van der Waals surface area (Å²) in [7, 11) is 0. The Morgan fingerprint density at radius 3 is 2.71 bits per heavy atom. The normalized spacial score (nSPS) is 16.6.